The number of halogens is 1. The van der Waals surface area contributed by atoms with Gasteiger partial charge in [-0.1, -0.05) is 112 Å². The van der Waals surface area contributed by atoms with Crippen molar-refractivity contribution in [1.29, 1.82) is 0 Å². The number of aromatic nitrogens is 2. The van der Waals surface area contributed by atoms with Crippen molar-refractivity contribution in [2.45, 2.75) is 90.0 Å². The molecule has 0 aliphatic heterocycles. The summed E-state index contributed by atoms with van der Waals surface area (Å²) in [4.78, 5) is 12.9. The van der Waals surface area contributed by atoms with Crippen molar-refractivity contribution in [3.63, 3.8) is 0 Å². The molecule has 1 aromatic heterocycles. The number of nitrogens with one attached hydrogen (secondary N) is 1. The largest absolute Gasteiger partial charge is 0.444 e. The summed E-state index contributed by atoms with van der Waals surface area (Å²) in [7, 11) is -2.65. The van der Waals surface area contributed by atoms with Crippen molar-refractivity contribution in [3.8, 4) is 0 Å². The Balaban J connectivity index is 1.41. The molecule has 0 bridgehead atoms. The fourth-order valence-corrected chi connectivity index (χ4v) is 12.0. The molecule has 8 heteroatoms. The summed E-state index contributed by atoms with van der Waals surface area (Å²) in [5, 5.41) is 10.7. The lowest BCUT2D eigenvalue weighted by atomic mass is 10.0. The van der Waals surface area contributed by atoms with Gasteiger partial charge in [-0.2, -0.15) is 5.10 Å². The fourth-order valence-electron chi connectivity index (χ4n) is 6.36. The third-order valence-corrected chi connectivity index (χ3v) is 14.6. The predicted molar refractivity (Wildman–Crippen MR) is 189 cm³/mol. The molecular formula is C36H44IN3O3Si. The molecule has 44 heavy (non-hydrogen) atoms. The third-order valence-electron chi connectivity index (χ3n) is 8.45. The van der Waals surface area contributed by atoms with Crippen LogP contribution in [0.25, 0.3) is 0 Å². The Labute approximate surface area is 276 Å². The van der Waals surface area contributed by atoms with Gasteiger partial charge in [0.1, 0.15) is 12.4 Å². The van der Waals surface area contributed by atoms with Crippen LogP contribution in [-0.2, 0) is 21.3 Å². The van der Waals surface area contributed by atoms with Crippen molar-refractivity contribution in [2.24, 2.45) is 0 Å². The maximum Gasteiger partial charge on any atom is 0.413 e. The predicted octanol–water partition coefficient (Wildman–Crippen LogP) is 8.20. The number of carbonyl (C=O) groups excluding carboxylic acids is 1. The molecule has 1 amide bonds. The molecule has 2 atom stereocenters. The fraction of sp³-hybridized carbons (Fsp3) is 0.389. The lowest BCUT2D eigenvalue weighted by Crippen LogP contribution is -2.67. The van der Waals surface area contributed by atoms with Crippen LogP contribution < -0.4 is 15.7 Å². The van der Waals surface area contributed by atoms with E-state index in [-0.39, 0.29) is 29.2 Å². The second kappa shape index (κ2) is 13.2. The molecule has 232 valence electrons. The average molecular weight is 722 g/mol. The number of amides is 1. The highest BCUT2D eigenvalue weighted by Crippen LogP contribution is 2.44. The minimum atomic E-state index is -2.65. The van der Waals surface area contributed by atoms with E-state index in [1.165, 1.54) is 10.4 Å². The summed E-state index contributed by atoms with van der Waals surface area (Å²) >= 11 is 2.35. The first-order valence-corrected chi connectivity index (χ1v) is 18.4. The highest BCUT2D eigenvalue weighted by atomic mass is 127. The van der Waals surface area contributed by atoms with E-state index in [2.05, 4.69) is 130 Å². The topological polar surface area (TPSA) is 65.4 Å². The normalized spacial score (nSPS) is 17.4. The smallest absolute Gasteiger partial charge is 0.413 e. The van der Waals surface area contributed by atoms with Crippen LogP contribution in [0.2, 0.25) is 5.04 Å². The van der Waals surface area contributed by atoms with Crippen LogP contribution in [0.1, 0.15) is 78.0 Å². The van der Waals surface area contributed by atoms with Gasteiger partial charge < -0.3 is 9.16 Å². The van der Waals surface area contributed by atoms with E-state index in [0.29, 0.717) is 5.82 Å². The summed E-state index contributed by atoms with van der Waals surface area (Å²) in [6.07, 6.45) is 2.46. The highest BCUT2D eigenvalue weighted by molar-refractivity contribution is 14.1. The molecule has 0 spiro atoms. The molecular weight excluding hydrogens is 677 g/mol. The van der Waals surface area contributed by atoms with E-state index >= 15 is 0 Å². The maximum absolute atomic E-state index is 12.9. The first-order valence-electron chi connectivity index (χ1n) is 15.5. The Morgan fingerprint density at radius 2 is 1.43 bits per heavy atom. The molecule has 6 nitrogen and oxygen atoms in total. The molecule has 1 heterocycles. The van der Waals surface area contributed by atoms with Crippen LogP contribution in [0, 0.1) is 3.57 Å². The SMILES string of the molecule is CC(C)(C)n1nc([C@H]2CC[C@@H](O[Si](c3ccccc3)(c3ccccc3)C(C)(C)C)C2)c(I)c1NC(=O)OCc1ccccc1. The van der Waals surface area contributed by atoms with Crippen molar-refractivity contribution < 1.29 is 14.0 Å². The summed E-state index contributed by atoms with van der Waals surface area (Å²) < 4.78 is 15.9. The Bertz CT molecular complexity index is 1510. The number of nitrogens with zero attached hydrogens (tertiary/aromatic N) is 2. The van der Waals surface area contributed by atoms with Gasteiger partial charge in [-0.3, -0.25) is 5.32 Å². The van der Waals surface area contributed by atoms with Crippen molar-refractivity contribution in [3.05, 3.63) is 106 Å². The molecule has 1 aliphatic carbocycles. The van der Waals surface area contributed by atoms with Crippen LogP contribution in [0.4, 0.5) is 10.6 Å². The van der Waals surface area contributed by atoms with Crippen LogP contribution in [0.15, 0.2) is 91.0 Å². The number of ether oxygens (including phenoxy) is 1. The molecule has 5 rings (SSSR count). The van der Waals surface area contributed by atoms with Gasteiger partial charge in [0.2, 0.25) is 0 Å². The molecule has 3 aromatic carbocycles. The minimum absolute atomic E-state index is 0.0762. The Kier molecular flexibility index (Phi) is 9.72. The van der Waals surface area contributed by atoms with Gasteiger partial charge in [-0.25, -0.2) is 9.48 Å². The molecule has 1 N–H and O–H groups in total. The number of benzene rings is 3. The van der Waals surface area contributed by atoms with E-state index in [9.17, 15) is 4.79 Å². The number of anilines is 1. The molecule has 1 fully saturated rings. The third kappa shape index (κ3) is 6.82. The highest BCUT2D eigenvalue weighted by Gasteiger charge is 2.52. The van der Waals surface area contributed by atoms with Gasteiger partial charge in [-0.05, 0) is 83.6 Å². The van der Waals surface area contributed by atoms with Crippen LogP contribution in [-0.4, -0.2) is 30.3 Å². The standard InChI is InChI=1S/C36H44IN3O3Si/c1-35(2,3)40-33(38-34(41)42-25-26-16-10-7-11-17-26)31(37)32(39-40)27-22-23-28(24-27)43-44(36(4,5)6,29-18-12-8-13-19-29)30-20-14-9-15-21-30/h7-21,27-28H,22-25H2,1-6H3,(H,38,41)/t27-,28+/m0/s1. The zero-order valence-electron chi connectivity index (χ0n) is 26.6. The summed E-state index contributed by atoms with van der Waals surface area (Å²) in [6, 6.07) is 31.4. The second-order valence-electron chi connectivity index (χ2n) is 13.7. The second-order valence-corrected chi connectivity index (χ2v) is 19.1. The number of rotatable bonds is 8. The molecule has 0 saturated heterocycles. The first-order chi connectivity index (χ1) is 20.9. The molecule has 0 radical (unpaired) electrons. The van der Waals surface area contributed by atoms with Crippen LogP contribution in [0.3, 0.4) is 0 Å². The first kappa shape index (κ1) is 32.4. The maximum atomic E-state index is 12.9. The lowest BCUT2D eigenvalue weighted by Gasteiger charge is -2.44. The summed E-state index contributed by atoms with van der Waals surface area (Å²) in [5.74, 6) is 0.914. The molecule has 1 saturated carbocycles. The average Bonchev–Trinajstić information content (AvgIpc) is 3.59. The Morgan fingerprint density at radius 1 is 0.886 bits per heavy atom. The molecule has 4 aromatic rings. The monoisotopic (exact) mass is 721 g/mol. The summed E-state index contributed by atoms with van der Waals surface area (Å²) in [6.45, 7) is 13.5. The van der Waals surface area contributed by atoms with Crippen molar-refractivity contribution in [1.82, 2.24) is 9.78 Å². The van der Waals surface area contributed by atoms with Gasteiger partial charge in [0.15, 0.2) is 0 Å². The Hall–Kier alpha value is -2.95. The lowest BCUT2D eigenvalue weighted by molar-refractivity contribution is 0.154. The van der Waals surface area contributed by atoms with Gasteiger partial charge in [0, 0.05) is 12.0 Å². The number of hydrogen-bond acceptors (Lipinski definition) is 4. The molecule has 0 unspecified atom stereocenters. The van der Waals surface area contributed by atoms with E-state index in [1.807, 2.05) is 35.0 Å². The van der Waals surface area contributed by atoms with E-state index in [4.69, 9.17) is 14.3 Å². The van der Waals surface area contributed by atoms with Crippen molar-refractivity contribution >= 4 is 53.2 Å². The Morgan fingerprint density at radius 3 is 1.95 bits per heavy atom. The van der Waals surface area contributed by atoms with E-state index in [1.54, 1.807) is 0 Å². The number of hydrogen-bond donors (Lipinski definition) is 1. The van der Waals surface area contributed by atoms with Crippen LogP contribution >= 0.6 is 22.6 Å². The van der Waals surface area contributed by atoms with Crippen LogP contribution in [0.5, 0.6) is 0 Å². The quantitative estimate of drug-likeness (QED) is 0.147. The van der Waals surface area contributed by atoms with Gasteiger partial charge in [-0.15, -0.1) is 0 Å². The van der Waals surface area contributed by atoms with E-state index in [0.717, 1.165) is 34.1 Å². The van der Waals surface area contributed by atoms with Gasteiger partial charge in [0.25, 0.3) is 8.32 Å². The van der Waals surface area contributed by atoms with Gasteiger partial charge in [0.05, 0.1) is 14.8 Å². The van der Waals surface area contributed by atoms with E-state index < -0.39 is 14.4 Å². The van der Waals surface area contributed by atoms with Gasteiger partial charge >= 0.3 is 6.09 Å². The number of carbonyl (C=O) groups is 1. The minimum Gasteiger partial charge on any atom is -0.444 e. The zero-order chi connectivity index (χ0) is 31.5. The van der Waals surface area contributed by atoms with Crippen molar-refractivity contribution in [2.75, 3.05) is 5.32 Å². The zero-order valence-corrected chi connectivity index (χ0v) is 29.8. The molecule has 1 aliphatic rings. The summed E-state index contributed by atoms with van der Waals surface area (Å²) in [5.41, 5.74) is 1.64.